The minimum absolute atomic E-state index is 0.737. The summed E-state index contributed by atoms with van der Waals surface area (Å²) < 4.78 is 0. The van der Waals surface area contributed by atoms with Crippen LogP contribution in [0.4, 0.5) is 0 Å². The number of piperazine rings is 1. The number of rotatable bonds is 3. The molecule has 3 heteroatoms. The Balaban J connectivity index is 1.86. The molecule has 2 atom stereocenters. The summed E-state index contributed by atoms with van der Waals surface area (Å²) in [7, 11) is 0. The minimum Gasteiger partial charge on any atom is -0.314 e. The molecular formula is C12H25N3. The Hall–Kier alpha value is -0.120. The van der Waals surface area contributed by atoms with Crippen LogP contribution in [0.1, 0.15) is 26.7 Å². The highest BCUT2D eigenvalue weighted by Crippen LogP contribution is 2.15. The van der Waals surface area contributed by atoms with Crippen LogP contribution in [0.3, 0.4) is 0 Å². The van der Waals surface area contributed by atoms with Crippen LogP contribution in [0.5, 0.6) is 0 Å². The van der Waals surface area contributed by atoms with Gasteiger partial charge in [0, 0.05) is 38.3 Å². The van der Waals surface area contributed by atoms with Crippen LogP contribution in [0.25, 0.3) is 0 Å². The Kier molecular flexibility index (Phi) is 4.00. The lowest BCUT2D eigenvalue weighted by atomic mass is 9.99. The summed E-state index contributed by atoms with van der Waals surface area (Å²) in [6.07, 6.45) is 2.73. The summed E-state index contributed by atoms with van der Waals surface area (Å²) in [6, 6.07) is 1.49. The third-order valence-electron chi connectivity index (χ3n) is 3.79. The number of nitrogens with one attached hydrogen (secondary N) is 2. The van der Waals surface area contributed by atoms with E-state index >= 15 is 0 Å². The van der Waals surface area contributed by atoms with Gasteiger partial charge in [-0.25, -0.2) is 0 Å². The van der Waals surface area contributed by atoms with E-state index < -0.39 is 0 Å². The van der Waals surface area contributed by atoms with Crippen molar-refractivity contribution >= 4 is 0 Å². The summed E-state index contributed by atoms with van der Waals surface area (Å²) >= 11 is 0. The molecule has 2 rings (SSSR count). The van der Waals surface area contributed by atoms with E-state index in [4.69, 9.17) is 0 Å². The highest BCUT2D eigenvalue weighted by Gasteiger charge is 2.27. The average Bonchev–Trinajstić information content (AvgIpc) is 2.71. The fourth-order valence-electron chi connectivity index (χ4n) is 2.85. The molecule has 2 fully saturated rings. The maximum absolute atomic E-state index is 3.60. The summed E-state index contributed by atoms with van der Waals surface area (Å²) in [5, 5.41) is 7.11. The zero-order valence-electron chi connectivity index (χ0n) is 10.1. The molecule has 2 aliphatic rings. The van der Waals surface area contributed by atoms with Crippen molar-refractivity contribution in [3.05, 3.63) is 0 Å². The van der Waals surface area contributed by atoms with E-state index in [9.17, 15) is 0 Å². The zero-order valence-corrected chi connectivity index (χ0v) is 10.1. The molecule has 0 aromatic rings. The molecule has 15 heavy (non-hydrogen) atoms. The SMILES string of the molecule is CC(C)C1CNCCN1CC1CCCN1. The number of hydrogen-bond donors (Lipinski definition) is 2. The molecule has 0 aromatic heterocycles. The molecular weight excluding hydrogens is 186 g/mol. The monoisotopic (exact) mass is 211 g/mol. The van der Waals surface area contributed by atoms with Gasteiger partial charge in [-0.05, 0) is 25.3 Å². The van der Waals surface area contributed by atoms with E-state index in [0.717, 1.165) is 24.5 Å². The normalized spacial score (nSPS) is 33.8. The van der Waals surface area contributed by atoms with Gasteiger partial charge in [-0.3, -0.25) is 4.90 Å². The Morgan fingerprint density at radius 1 is 1.33 bits per heavy atom. The standard InChI is InChI=1S/C12H25N3/c1-10(2)12-8-13-6-7-15(12)9-11-4-3-5-14-11/h10-14H,3-9H2,1-2H3. The van der Waals surface area contributed by atoms with Gasteiger partial charge in [0.2, 0.25) is 0 Å². The molecule has 2 aliphatic heterocycles. The summed E-state index contributed by atoms with van der Waals surface area (Å²) in [5.41, 5.74) is 0. The summed E-state index contributed by atoms with van der Waals surface area (Å²) in [4.78, 5) is 2.68. The second kappa shape index (κ2) is 5.28. The van der Waals surface area contributed by atoms with Gasteiger partial charge >= 0.3 is 0 Å². The third-order valence-corrected chi connectivity index (χ3v) is 3.79. The Bertz CT molecular complexity index is 187. The van der Waals surface area contributed by atoms with Crippen LogP contribution >= 0.6 is 0 Å². The highest BCUT2D eigenvalue weighted by atomic mass is 15.2. The largest absolute Gasteiger partial charge is 0.314 e. The second-order valence-electron chi connectivity index (χ2n) is 5.30. The van der Waals surface area contributed by atoms with Crippen LogP contribution < -0.4 is 10.6 Å². The van der Waals surface area contributed by atoms with E-state index in [1.54, 1.807) is 0 Å². The zero-order chi connectivity index (χ0) is 10.7. The van der Waals surface area contributed by atoms with Crippen molar-refractivity contribution in [2.75, 3.05) is 32.7 Å². The molecule has 0 radical (unpaired) electrons. The van der Waals surface area contributed by atoms with Gasteiger partial charge in [-0.15, -0.1) is 0 Å². The predicted octanol–water partition coefficient (Wildman–Crippen LogP) is 0.668. The molecule has 2 unspecified atom stereocenters. The van der Waals surface area contributed by atoms with Gasteiger partial charge in [0.05, 0.1) is 0 Å². The summed E-state index contributed by atoms with van der Waals surface area (Å²) in [5.74, 6) is 0.763. The van der Waals surface area contributed by atoms with E-state index in [2.05, 4.69) is 29.4 Å². The lowest BCUT2D eigenvalue weighted by Gasteiger charge is -2.40. The van der Waals surface area contributed by atoms with E-state index in [1.165, 1.54) is 39.0 Å². The Morgan fingerprint density at radius 2 is 2.20 bits per heavy atom. The van der Waals surface area contributed by atoms with E-state index in [0.29, 0.717) is 0 Å². The Morgan fingerprint density at radius 3 is 2.87 bits per heavy atom. The van der Waals surface area contributed by atoms with Crippen molar-refractivity contribution in [1.82, 2.24) is 15.5 Å². The topological polar surface area (TPSA) is 27.3 Å². The molecule has 88 valence electrons. The molecule has 2 N–H and O–H groups in total. The number of nitrogens with zero attached hydrogens (tertiary/aromatic N) is 1. The molecule has 2 heterocycles. The van der Waals surface area contributed by atoms with E-state index in [-0.39, 0.29) is 0 Å². The van der Waals surface area contributed by atoms with Crippen LogP contribution in [0.2, 0.25) is 0 Å². The minimum atomic E-state index is 0.737. The molecule has 0 saturated carbocycles. The first-order valence-corrected chi connectivity index (χ1v) is 6.45. The lowest BCUT2D eigenvalue weighted by molar-refractivity contribution is 0.114. The van der Waals surface area contributed by atoms with Crippen molar-refractivity contribution in [2.24, 2.45) is 5.92 Å². The first-order valence-electron chi connectivity index (χ1n) is 6.45. The first-order chi connectivity index (χ1) is 7.27. The van der Waals surface area contributed by atoms with Crippen molar-refractivity contribution in [2.45, 2.75) is 38.8 Å². The van der Waals surface area contributed by atoms with Crippen molar-refractivity contribution in [1.29, 1.82) is 0 Å². The predicted molar refractivity (Wildman–Crippen MR) is 64.1 cm³/mol. The van der Waals surface area contributed by atoms with Gasteiger partial charge in [-0.1, -0.05) is 13.8 Å². The molecule has 2 saturated heterocycles. The van der Waals surface area contributed by atoms with Crippen LogP contribution in [0, 0.1) is 5.92 Å². The summed E-state index contributed by atoms with van der Waals surface area (Å²) in [6.45, 7) is 10.7. The van der Waals surface area contributed by atoms with Gasteiger partial charge in [0.1, 0.15) is 0 Å². The maximum Gasteiger partial charge on any atom is 0.0244 e. The van der Waals surface area contributed by atoms with Crippen molar-refractivity contribution in [3.8, 4) is 0 Å². The average molecular weight is 211 g/mol. The van der Waals surface area contributed by atoms with Gasteiger partial charge in [0.25, 0.3) is 0 Å². The molecule has 3 nitrogen and oxygen atoms in total. The maximum atomic E-state index is 3.60. The fraction of sp³-hybridized carbons (Fsp3) is 1.00. The van der Waals surface area contributed by atoms with Gasteiger partial charge in [0.15, 0.2) is 0 Å². The fourth-order valence-corrected chi connectivity index (χ4v) is 2.85. The quantitative estimate of drug-likeness (QED) is 0.718. The molecule has 0 aromatic carbocycles. The smallest absolute Gasteiger partial charge is 0.0244 e. The second-order valence-corrected chi connectivity index (χ2v) is 5.30. The Labute approximate surface area is 93.6 Å². The number of hydrogen-bond acceptors (Lipinski definition) is 3. The van der Waals surface area contributed by atoms with Gasteiger partial charge < -0.3 is 10.6 Å². The van der Waals surface area contributed by atoms with E-state index in [1.807, 2.05) is 0 Å². The van der Waals surface area contributed by atoms with Crippen LogP contribution in [-0.4, -0.2) is 49.7 Å². The molecule has 0 bridgehead atoms. The first kappa shape index (κ1) is 11.4. The third kappa shape index (κ3) is 2.92. The molecule has 0 aliphatic carbocycles. The molecule has 0 spiro atoms. The van der Waals surface area contributed by atoms with Crippen molar-refractivity contribution < 1.29 is 0 Å². The molecule has 0 amide bonds. The van der Waals surface area contributed by atoms with Crippen LogP contribution in [-0.2, 0) is 0 Å². The highest BCUT2D eigenvalue weighted by molar-refractivity contribution is 4.86. The van der Waals surface area contributed by atoms with Crippen molar-refractivity contribution in [3.63, 3.8) is 0 Å². The van der Waals surface area contributed by atoms with Crippen LogP contribution in [0.15, 0.2) is 0 Å². The van der Waals surface area contributed by atoms with Gasteiger partial charge in [-0.2, -0.15) is 0 Å². The lowest BCUT2D eigenvalue weighted by Crippen LogP contribution is -2.56.